The maximum atomic E-state index is 11.9. The largest absolute Gasteiger partial charge is 0.305 e. The molecule has 1 N–H and O–H groups in total. The zero-order valence-electron chi connectivity index (χ0n) is 9.85. The molecule has 1 aliphatic heterocycles. The SMILES string of the molecule is C=CCCCCCC(=O)C1(C)CCCN1. The predicted molar refractivity (Wildman–Crippen MR) is 63.9 cm³/mol. The van der Waals surface area contributed by atoms with Crippen LogP contribution < -0.4 is 5.32 Å². The molecule has 1 fully saturated rings. The van der Waals surface area contributed by atoms with Gasteiger partial charge in [0, 0.05) is 6.42 Å². The van der Waals surface area contributed by atoms with Gasteiger partial charge in [-0.15, -0.1) is 6.58 Å². The average Bonchev–Trinajstić information content (AvgIpc) is 2.66. The first kappa shape index (κ1) is 12.4. The lowest BCUT2D eigenvalue weighted by Crippen LogP contribution is -2.44. The Hall–Kier alpha value is -0.630. The van der Waals surface area contributed by atoms with Crippen LogP contribution in [0.1, 0.15) is 51.9 Å². The molecule has 0 bridgehead atoms. The summed E-state index contributed by atoms with van der Waals surface area (Å²) in [5.74, 6) is 0.401. The maximum Gasteiger partial charge on any atom is 0.152 e. The van der Waals surface area contributed by atoms with E-state index in [9.17, 15) is 4.79 Å². The van der Waals surface area contributed by atoms with Crippen molar-refractivity contribution in [2.75, 3.05) is 6.54 Å². The second-order valence-electron chi connectivity index (χ2n) is 4.67. The lowest BCUT2D eigenvalue weighted by atomic mass is 9.91. The Labute approximate surface area is 93.1 Å². The number of ketones is 1. The molecule has 15 heavy (non-hydrogen) atoms. The van der Waals surface area contributed by atoms with Crippen LogP contribution in [0.3, 0.4) is 0 Å². The summed E-state index contributed by atoms with van der Waals surface area (Å²) in [6.45, 7) is 6.74. The molecule has 1 rings (SSSR count). The fourth-order valence-electron chi connectivity index (χ4n) is 2.16. The van der Waals surface area contributed by atoms with Gasteiger partial charge in [0.05, 0.1) is 5.54 Å². The monoisotopic (exact) mass is 209 g/mol. The number of Topliss-reactive ketones (excluding diaryl/α,β-unsaturated/α-hetero) is 1. The summed E-state index contributed by atoms with van der Waals surface area (Å²) >= 11 is 0. The minimum atomic E-state index is -0.210. The van der Waals surface area contributed by atoms with Gasteiger partial charge in [-0.05, 0) is 45.6 Å². The highest BCUT2D eigenvalue weighted by atomic mass is 16.1. The quantitative estimate of drug-likeness (QED) is 0.516. The Morgan fingerprint density at radius 2 is 2.27 bits per heavy atom. The van der Waals surface area contributed by atoms with Crippen molar-refractivity contribution in [2.24, 2.45) is 0 Å². The molecule has 1 atom stereocenters. The second-order valence-corrected chi connectivity index (χ2v) is 4.67. The number of carbonyl (C=O) groups excluding carboxylic acids is 1. The first-order valence-corrected chi connectivity index (χ1v) is 6.08. The van der Waals surface area contributed by atoms with Crippen LogP contribution in [0.2, 0.25) is 0 Å². The molecule has 0 aromatic heterocycles. The molecule has 0 aliphatic carbocycles. The molecule has 1 unspecified atom stereocenters. The van der Waals surface area contributed by atoms with E-state index in [0.717, 1.165) is 45.1 Å². The summed E-state index contributed by atoms with van der Waals surface area (Å²) in [5.41, 5.74) is -0.210. The zero-order chi connectivity index (χ0) is 11.1. The van der Waals surface area contributed by atoms with Crippen molar-refractivity contribution in [3.63, 3.8) is 0 Å². The van der Waals surface area contributed by atoms with E-state index in [1.165, 1.54) is 6.42 Å². The van der Waals surface area contributed by atoms with Gasteiger partial charge in [-0.1, -0.05) is 12.5 Å². The molecule has 1 heterocycles. The maximum absolute atomic E-state index is 11.9. The van der Waals surface area contributed by atoms with Crippen LogP contribution in [0, 0.1) is 0 Å². The number of allylic oxidation sites excluding steroid dienone is 1. The molecular weight excluding hydrogens is 186 g/mol. The van der Waals surface area contributed by atoms with Crippen molar-refractivity contribution in [3.05, 3.63) is 12.7 Å². The highest BCUT2D eigenvalue weighted by Crippen LogP contribution is 2.22. The van der Waals surface area contributed by atoms with Gasteiger partial charge in [0.1, 0.15) is 0 Å². The van der Waals surface area contributed by atoms with Gasteiger partial charge in [-0.2, -0.15) is 0 Å². The summed E-state index contributed by atoms with van der Waals surface area (Å²) in [5, 5.41) is 3.32. The first-order valence-electron chi connectivity index (χ1n) is 6.08. The van der Waals surface area contributed by atoms with Crippen molar-refractivity contribution in [3.8, 4) is 0 Å². The van der Waals surface area contributed by atoms with Gasteiger partial charge < -0.3 is 5.32 Å². The van der Waals surface area contributed by atoms with E-state index in [2.05, 4.69) is 11.9 Å². The number of unbranched alkanes of at least 4 members (excludes halogenated alkanes) is 3. The molecule has 0 aromatic carbocycles. The highest BCUT2D eigenvalue weighted by Gasteiger charge is 2.34. The third kappa shape index (κ3) is 3.78. The van der Waals surface area contributed by atoms with E-state index in [-0.39, 0.29) is 5.54 Å². The van der Waals surface area contributed by atoms with Crippen LogP contribution in [-0.2, 0) is 4.79 Å². The van der Waals surface area contributed by atoms with E-state index < -0.39 is 0 Å². The summed E-state index contributed by atoms with van der Waals surface area (Å²) in [4.78, 5) is 11.9. The molecule has 2 nitrogen and oxygen atoms in total. The number of carbonyl (C=O) groups is 1. The van der Waals surface area contributed by atoms with Crippen LogP contribution in [0.5, 0.6) is 0 Å². The minimum absolute atomic E-state index is 0.210. The lowest BCUT2D eigenvalue weighted by molar-refractivity contribution is -0.124. The molecule has 86 valence electrons. The Balaban J connectivity index is 2.15. The van der Waals surface area contributed by atoms with Crippen molar-refractivity contribution in [2.45, 2.75) is 57.4 Å². The highest BCUT2D eigenvalue weighted by molar-refractivity contribution is 5.88. The Morgan fingerprint density at radius 3 is 2.87 bits per heavy atom. The van der Waals surface area contributed by atoms with Crippen LogP contribution >= 0.6 is 0 Å². The van der Waals surface area contributed by atoms with Gasteiger partial charge in [0.2, 0.25) is 0 Å². The molecule has 2 heteroatoms. The van der Waals surface area contributed by atoms with Gasteiger partial charge in [0.25, 0.3) is 0 Å². The topological polar surface area (TPSA) is 29.1 Å². The van der Waals surface area contributed by atoms with Crippen molar-refractivity contribution < 1.29 is 4.79 Å². The third-order valence-corrected chi connectivity index (χ3v) is 3.30. The number of rotatable bonds is 7. The van der Waals surface area contributed by atoms with Crippen molar-refractivity contribution >= 4 is 5.78 Å². The Morgan fingerprint density at radius 1 is 1.47 bits per heavy atom. The number of hydrogen-bond donors (Lipinski definition) is 1. The smallest absolute Gasteiger partial charge is 0.152 e. The summed E-state index contributed by atoms with van der Waals surface area (Å²) in [7, 11) is 0. The third-order valence-electron chi connectivity index (χ3n) is 3.30. The molecule has 0 spiro atoms. The number of hydrogen-bond acceptors (Lipinski definition) is 2. The fourth-order valence-corrected chi connectivity index (χ4v) is 2.16. The first-order chi connectivity index (χ1) is 7.19. The van der Waals surface area contributed by atoms with Gasteiger partial charge in [0.15, 0.2) is 5.78 Å². The van der Waals surface area contributed by atoms with E-state index in [4.69, 9.17) is 0 Å². The van der Waals surface area contributed by atoms with Gasteiger partial charge in [-0.25, -0.2) is 0 Å². The molecular formula is C13H23NO. The lowest BCUT2D eigenvalue weighted by Gasteiger charge is -2.22. The Kier molecular flexibility index (Phi) is 5.03. The average molecular weight is 209 g/mol. The van der Waals surface area contributed by atoms with E-state index in [1.807, 2.05) is 13.0 Å². The van der Waals surface area contributed by atoms with Crippen molar-refractivity contribution in [1.82, 2.24) is 5.32 Å². The van der Waals surface area contributed by atoms with E-state index >= 15 is 0 Å². The molecule has 1 aliphatic rings. The van der Waals surface area contributed by atoms with Crippen LogP contribution in [0.25, 0.3) is 0 Å². The van der Waals surface area contributed by atoms with Crippen molar-refractivity contribution in [1.29, 1.82) is 0 Å². The molecule has 0 amide bonds. The summed E-state index contributed by atoms with van der Waals surface area (Å²) in [6.07, 6.45) is 9.25. The Bertz CT molecular complexity index is 217. The predicted octanol–water partition coefficient (Wildman–Crippen LogP) is 2.83. The van der Waals surface area contributed by atoms with Gasteiger partial charge in [-0.3, -0.25) is 4.79 Å². The fraction of sp³-hybridized carbons (Fsp3) is 0.769. The van der Waals surface area contributed by atoms with Gasteiger partial charge >= 0.3 is 0 Å². The van der Waals surface area contributed by atoms with E-state index in [1.54, 1.807) is 0 Å². The molecule has 0 saturated carbocycles. The van der Waals surface area contributed by atoms with E-state index in [0.29, 0.717) is 5.78 Å². The normalized spacial score (nSPS) is 25.4. The standard InChI is InChI=1S/C13H23NO/c1-3-4-5-6-7-9-12(15)13(2)10-8-11-14-13/h3,14H,1,4-11H2,2H3. The second kappa shape index (κ2) is 6.06. The molecule has 0 aromatic rings. The van der Waals surface area contributed by atoms with Crippen LogP contribution in [-0.4, -0.2) is 17.9 Å². The summed E-state index contributed by atoms with van der Waals surface area (Å²) in [6, 6.07) is 0. The number of nitrogens with one attached hydrogen (secondary N) is 1. The minimum Gasteiger partial charge on any atom is -0.305 e. The van der Waals surface area contributed by atoms with Crippen LogP contribution in [0.4, 0.5) is 0 Å². The molecule has 0 radical (unpaired) electrons. The molecule has 1 saturated heterocycles. The van der Waals surface area contributed by atoms with Crippen LogP contribution in [0.15, 0.2) is 12.7 Å². The summed E-state index contributed by atoms with van der Waals surface area (Å²) < 4.78 is 0. The zero-order valence-corrected chi connectivity index (χ0v) is 9.85.